The minimum atomic E-state index is -1.24. The second-order valence-corrected chi connectivity index (χ2v) is 8.44. The van der Waals surface area contributed by atoms with Crippen molar-refractivity contribution in [2.75, 3.05) is 9.80 Å². The molecule has 2 fully saturated rings. The number of aryl methyl sites for hydroxylation is 4. The first-order valence-electron chi connectivity index (χ1n) is 10.5. The number of hydrogen-bond acceptors (Lipinski definition) is 6. The van der Waals surface area contributed by atoms with Gasteiger partial charge < -0.3 is 5.21 Å². The van der Waals surface area contributed by atoms with E-state index in [9.17, 15) is 24.4 Å². The van der Waals surface area contributed by atoms with E-state index >= 15 is 0 Å². The molecule has 8 nitrogen and oxygen atoms in total. The fourth-order valence-corrected chi connectivity index (χ4v) is 4.65. The van der Waals surface area contributed by atoms with Crippen LogP contribution < -0.4 is 9.80 Å². The lowest BCUT2D eigenvalue weighted by Crippen LogP contribution is -2.49. The lowest BCUT2D eigenvalue weighted by atomic mass is 10.1. The maximum absolute atomic E-state index is 13.2. The number of anilines is 2. The third kappa shape index (κ3) is 3.32. The summed E-state index contributed by atoms with van der Waals surface area (Å²) in [6, 6.07) is 8.40. The van der Waals surface area contributed by atoms with Crippen molar-refractivity contribution in [3.8, 4) is 0 Å². The molecule has 2 heterocycles. The second kappa shape index (κ2) is 7.96. The summed E-state index contributed by atoms with van der Waals surface area (Å²) < 4.78 is 0. The zero-order valence-electron chi connectivity index (χ0n) is 18.5. The van der Waals surface area contributed by atoms with E-state index in [2.05, 4.69) is 0 Å². The standard InChI is InChI=1S/C24H25N3O5/c1-13-7-5-8-14(2)21(13)25-19(28)11-17(23(25)30)27(32)18-12-20(29)26(24(18)31)22-15(3)9-6-10-16(22)4/h5-10,17-18,32H,11-12H2,1-4H3/t17-,18-/m1/s1. The number of nitrogens with zero attached hydrogens (tertiary/aromatic N) is 3. The van der Waals surface area contributed by atoms with Gasteiger partial charge in [-0.05, 0) is 49.9 Å². The maximum atomic E-state index is 13.2. The van der Waals surface area contributed by atoms with Crippen molar-refractivity contribution in [1.82, 2.24) is 5.06 Å². The average Bonchev–Trinajstić information content (AvgIpc) is 3.18. The lowest BCUT2D eigenvalue weighted by Gasteiger charge is -2.26. The Balaban J connectivity index is 1.62. The van der Waals surface area contributed by atoms with Gasteiger partial charge in [0.2, 0.25) is 11.8 Å². The van der Waals surface area contributed by atoms with Crippen molar-refractivity contribution in [3.63, 3.8) is 0 Å². The maximum Gasteiger partial charge on any atom is 0.254 e. The van der Waals surface area contributed by atoms with Crippen LogP contribution in [0.1, 0.15) is 35.1 Å². The van der Waals surface area contributed by atoms with Crippen molar-refractivity contribution in [2.45, 2.75) is 52.6 Å². The Labute approximate surface area is 186 Å². The van der Waals surface area contributed by atoms with Crippen LogP contribution >= 0.6 is 0 Å². The largest absolute Gasteiger partial charge is 0.312 e. The Morgan fingerprint density at radius 2 is 1.00 bits per heavy atom. The quantitative estimate of drug-likeness (QED) is 0.586. The van der Waals surface area contributed by atoms with E-state index in [1.807, 2.05) is 12.1 Å². The molecule has 4 amide bonds. The van der Waals surface area contributed by atoms with Crippen molar-refractivity contribution in [3.05, 3.63) is 58.7 Å². The van der Waals surface area contributed by atoms with Gasteiger partial charge in [-0.1, -0.05) is 36.4 Å². The predicted molar refractivity (Wildman–Crippen MR) is 117 cm³/mol. The molecule has 2 aliphatic heterocycles. The zero-order valence-corrected chi connectivity index (χ0v) is 18.5. The molecule has 2 aromatic carbocycles. The molecule has 0 spiro atoms. The van der Waals surface area contributed by atoms with E-state index < -0.39 is 35.7 Å². The summed E-state index contributed by atoms with van der Waals surface area (Å²) in [5.41, 5.74) is 4.00. The first-order valence-corrected chi connectivity index (χ1v) is 10.5. The third-order valence-corrected chi connectivity index (χ3v) is 6.21. The Kier molecular flexibility index (Phi) is 5.44. The van der Waals surface area contributed by atoms with Gasteiger partial charge in [-0.3, -0.25) is 19.2 Å². The number of imide groups is 2. The number of carbonyl (C=O) groups excluding carboxylic acids is 4. The van der Waals surface area contributed by atoms with E-state index in [0.717, 1.165) is 32.1 Å². The summed E-state index contributed by atoms with van der Waals surface area (Å²) in [6.45, 7) is 7.20. The van der Waals surface area contributed by atoms with Gasteiger partial charge in [0.1, 0.15) is 12.1 Å². The van der Waals surface area contributed by atoms with Gasteiger partial charge in [0.05, 0.1) is 24.2 Å². The summed E-state index contributed by atoms with van der Waals surface area (Å²) in [5.74, 6) is -2.14. The summed E-state index contributed by atoms with van der Waals surface area (Å²) in [4.78, 5) is 54.0. The molecule has 2 aliphatic rings. The predicted octanol–water partition coefficient (Wildman–Crippen LogP) is 2.58. The monoisotopic (exact) mass is 435 g/mol. The van der Waals surface area contributed by atoms with Gasteiger partial charge >= 0.3 is 0 Å². The Bertz CT molecular complexity index is 1030. The van der Waals surface area contributed by atoms with E-state index in [1.165, 1.54) is 0 Å². The molecule has 0 aromatic heterocycles. The lowest BCUT2D eigenvalue weighted by molar-refractivity contribution is -0.172. The highest BCUT2D eigenvalue weighted by atomic mass is 16.5. The number of benzene rings is 2. The van der Waals surface area contributed by atoms with Crippen LogP contribution in [-0.2, 0) is 19.2 Å². The van der Waals surface area contributed by atoms with Crippen LogP contribution in [0.2, 0.25) is 0 Å². The van der Waals surface area contributed by atoms with Gasteiger partial charge in [0, 0.05) is 0 Å². The van der Waals surface area contributed by atoms with Gasteiger partial charge in [-0.2, -0.15) is 5.06 Å². The minimum Gasteiger partial charge on any atom is -0.312 e. The highest BCUT2D eigenvalue weighted by Crippen LogP contribution is 2.34. The molecule has 0 unspecified atom stereocenters. The highest BCUT2D eigenvalue weighted by Gasteiger charge is 2.51. The third-order valence-electron chi connectivity index (χ3n) is 6.21. The fourth-order valence-electron chi connectivity index (χ4n) is 4.65. The van der Waals surface area contributed by atoms with E-state index in [0.29, 0.717) is 16.4 Å². The molecule has 1 N–H and O–H groups in total. The second-order valence-electron chi connectivity index (χ2n) is 8.44. The SMILES string of the molecule is Cc1cccc(C)c1N1C(=O)C[C@@H](N(O)[C@@H]2CC(=O)N(c3c(C)cccc3C)C2=O)C1=O. The highest BCUT2D eigenvalue weighted by molar-refractivity contribution is 6.25. The summed E-state index contributed by atoms with van der Waals surface area (Å²) in [5, 5.41) is 11.5. The molecular formula is C24H25N3O5. The van der Waals surface area contributed by atoms with Gasteiger partial charge in [0.15, 0.2) is 0 Å². The van der Waals surface area contributed by atoms with Crippen molar-refractivity contribution >= 4 is 35.0 Å². The van der Waals surface area contributed by atoms with Crippen LogP contribution in [-0.4, -0.2) is 46.0 Å². The molecule has 2 saturated heterocycles. The number of rotatable bonds is 4. The molecule has 166 valence electrons. The van der Waals surface area contributed by atoms with Crippen molar-refractivity contribution < 1.29 is 24.4 Å². The fraction of sp³-hybridized carbons (Fsp3) is 0.333. The number of carbonyl (C=O) groups is 4. The zero-order chi connectivity index (χ0) is 23.3. The molecule has 0 saturated carbocycles. The number of amides is 4. The smallest absolute Gasteiger partial charge is 0.254 e. The van der Waals surface area contributed by atoms with Crippen LogP contribution in [0.15, 0.2) is 36.4 Å². The number of hydrogen-bond donors (Lipinski definition) is 1. The van der Waals surface area contributed by atoms with Gasteiger partial charge in [-0.15, -0.1) is 0 Å². The molecule has 2 aromatic rings. The first-order chi connectivity index (χ1) is 15.1. The van der Waals surface area contributed by atoms with Gasteiger partial charge in [0.25, 0.3) is 11.8 Å². The first kappa shape index (κ1) is 21.9. The van der Waals surface area contributed by atoms with Crippen LogP contribution in [0.3, 0.4) is 0 Å². The van der Waals surface area contributed by atoms with E-state index in [4.69, 9.17) is 0 Å². The Morgan fingerprint density at radius 3 is 1.31 bits per heavy atom. The number of hydroxylamine groups is 2. The van der Waals surface area contributed by atoms with Crippen LogP contribution in [0.4, 0.5) is 11.4 Å². The Hall–Kier alpha value is -3.36. The molecule has 0 radical (unpaired) electrons. The number of para-hydroxylation sites is 2. The molecular weight excluding hydrogens is 410 g/mol. The van der Waals surface area contributed by atoms with Crippen molar-refractivity contribution in [2.24, 2.45) is 0 Å². The minimum absolute atomic E-state index is 0.273. The van der Waals surface area contributed by atoms with Crippen LogP contribution in [0.5, 0.6) is 0 Å². The van der Waals surface area contributed by atoms with E-state index in [1.54, 1.807) is 52.0 Å². The average molecular weight is 435 g/mol. The molecule has 8 heteroatoms. The summed E-state index contributed by atoms with van der Waals surface area (Å²) in [7, 11) is 0. The summed E-state index contributed by atoms with van der Waals surface area (Å²) >= 11 is 0. The van der Waals surface area contributed by atoms with Gasteiger partial charge in [-0.25, -0.2) is 9.80 Å². The topological polar surface area (TPSA) is 98.2 Å². The Morgan fingerprint density at radius 1 is 0.688 bits per heavy atom. The molecule has 0 aliphatic carbocycles. The summed E-state index contributed by atoms with van der Waals surface area (Å²) in [6.07, 6.45) is -0.547. The molecule has 0 bridgehead atoms. The molecule has 4 rings (SSSR count). The molecule has 2 atom stereocenters. The normalized spacial score (nSPS) is 21.4. The van der Waals surface area contributed by atoms with Crippen LogP contribution in [0, 0.1) is 27.7 Å². The van der Waals surface area contributed by atoms with Crippen molar-refractivity contribution in [1.29, 1.82) is 0 Å². The van der Waals surface area contributed by atoms with Crippen LogP contribution in [0.25, 0.3) is 0 Å². The molecule has 32 heavy (non-hydrogen) atoms. The van der Waals surface area contributed by atoms with E-state index in [-0.39, 0.29) is 12.8 Å².